The number of nitrogens with zero attached hydrogens (tertiary/aromatic N) is 2. The number of amides is 1. The zero-order valence-corrected chi connectivity index (χ0v) is 13.2. The molecular formula is C16H28N2O3. The van der Waals surface area contributed by atoms with Crippen molar-refractivity contribution < 1.29 is 14.3 Å². The van der Waals surface area contributed by atoms with E-state index in [2.05, 4.69) is 11.9 Å². The Kier molecular flexibility index (Phi) is 4.82. The molecule has 5 nitrogen and oxygen atoms in total. The van der Waals surface area contributed by atoms with Crippen LogP contribution in [-0.2, 0) is 14.3 Å². The van der Waals surface area contributed by atoms with Crippen LogP contribution >= 0.6 is 0 Å². The number of carbonyl (C=O) groups excluding carboxylic acids is 1. The predicted octanol–water partition coefficient (Wildman–Crippen LogP) is 1.47. The zero-order valence-electron chi connectivity index (χ0n) is 13.2. The lowest BCUT2D eigenvalue weighted by Crippen LogP contribution is -2.47. The van der Waals surface area contributed by atoms with E-state index in [4.69, 9.17) is 9.47 Å². The van der Waals surface area contributed by atoms with Crippen molar-refractivity contribution >= 4 is 5.91 Å². The van der Waals surface area contributed by atoms with E-state index in [0.29, 0.717) is 25.5 Å². The second kappa shape index (κ2) is 6.63. The third-order valence-electron chi connectivity index (χ3n) is 5.30. The molecule has 3 fully saturated rings. The van der Waals surface area contributed by atoms with Gasteiger partial charge in [-0.3, -0.25) is 4.79 Å². The molecule has 3 heterocycles. The van der Waals surface area contributed by atoms with Gasteiger partial charge in [0.1, 0.15) is 0 Å². The zero-order chi connectivity index (χ0) is 14.7. The van der Waals surface area contributed by atoms with E-state index in [-0.39, 0.29) is 5.79 Å². The van der Waals surface area contributed by atoms with Crippen molar-refractivity contribution in [2.75, 3.05) is 46.4 Å². The van der Waals surface area contributed by atoms with Crippen molar-refractivity contribution in [2.24, 2.45) is 5.92 Å². The number of ether oxygens (including phenoxy) is 2. The fraction of sp³-hybridized carbons (Fsp3) is 0.938. The SMILES string of the molecule is CN1CCC(CCC(=O)N2CCC3(CC2)OCCO3)CC1. The summed E-state index contributed by atoms with van der Waals surface area (Å²) in [7, 11) is 2.18. The minimum Gasteiger partial charge on any atom is -0.347 e. The maximum Gasteiger partial charge on any atom is 0.222 e. The normalized spacial score (nSPS) is 27.4. The molecular weight excluding hydrogens is 268 g/mol. The summed E-state index contributed by atoms with van der Waals surface area (Å²) >= 11 is 0. The molecule has 3 rings (SSSR count). The number of rotatable bonds is 3. The van der Waals surface area contributed by atoms with Gasteiger partial charge < -0.3 is 19.3 Å². The maximum absolute atomic E-state index is 12.3. The number of piperidine rings is 2. The molecule has 1 spiro atoms. The highest BCUT2D eigenvalue weighted by Crippen LogP contribution is 2.31. The van der Waals surface area contributed by atoms with Crippen LogP contribution in [0.1, 0.15) is 38.5 Å². The third kappa shape index (κ3) is 3.76. The van der Waals surface area contributed by atoms with Gasteiger partial charge in [-0.05, 0) is 45.3 Å². The number of likely N-dealkylation sites (tertiary alicyclic amines) is 2. The fourth-order valence-corrected chi connectivity index (χ4v) is 3.72. The first-order chi connectivity index (χ1) is 10.2. The Morgan fingerprint density at radius 1 is 1.10 bits per heavy atom. The molecule has 0 bridgehead atoms. The summed E-state index contributed by atoms with van der Waals surface area (Å²) in [5, 5.41) is 0. The lowest BCUT2D eigenvalue weighted by atomic mass is 9.92. The summed E-state index contributed by atoms with van der Waals surface area (Å²) in [6.07, 6.45) is 5.91. The van der Waals surface area contributed by atoms with E-state index < -0.39 is 0 Å². The molecule has 0 aliphatic carbocycles. The second-order valence-electron chi connectivity index (χ2n) is 6.77. The van der Waals surface area contributed by atoms with E-state index in [0.717, 1.165) is 38.3 Å². The van der Waals surface area contributed by atoms with Crippen LogP contribution < -0.4 is 0 Å². The molecule has 0 aromatic rings. The molecule has 0 atom stereocenters. The lowest BCUT2D eigenvalue weighted by molar-refractivity contribution is -0.187. The molecule has 0 N–H and O–H groups in total. The Bertz CT molecular complexity index is 351. The Morgan fingerprint density at radius 2 is 1.71 bits per heavy atom. The molecule has 3 aliphatic heterocycles. The number of carbonyl (C=O) groups is 1. The Morgan fingerprint density at radius 3 is 2.33 bits per heavy atom. The van der Waals surface area contributed by atoms with Crippen molar-refractivity contribution in [3.05, 3.63) is 0 Å². The van der Waals surface area contributed by atoms with Crippen LogP contribution in [0.3, 0.4) is 0 Å². The van der Waals surface area contributed by atoms with Gasteiger partial charge >= 0.3 is 0 Å². The van der Waals surface area contributed by atoms with Crippen LogP contribution in [0.4, 0.5) is 0 Å². The van der Waals surface area contributed by atoms with Crippen molar-refractivity contribution in [1.29, 1.82) is 0 Å². The summed E-state index contributed by atoms with van der Waals surface area (Å²) in [5.74, 6) is 0.689. The van der Waals surface area contributed by atoms with Crippen LogP contribution in [0.5, 0.6) is 0 Å². The largest absolute Gasteiger partial charge is 0.347 e. The smallest absolute Gasteiger partial charge is 0.222 e. The molecule has 1 amide bonds. The number of hydrogen-bond acceptors (Lipinski definition) is 4. The van der Waals surface area contributed by atoms with Crippen LogP contribution in [0, 0.1) is 5.92 Å². The van der Waals surface area contributed by atoms with Gasteiger partial charge in [-0.15, -0.1) is 0 Å². The van der Waals surface area contributed by atoms with E-state index in [1.165, 1.54) is 25.9 Å². The van der Waals surface area contributed by atoms with Gasteiger partial charge in [0.25, 0.3) is 0 Å². The van der Waals surface area contributed by atoms with Crippen LogP contribution in [0.15, 0.2) is 0 Å². The second-order valence-corrected chi connectivity index (χ2v) is 6.77. The minimum absolute atomic E-state index is 0.321. The fourth-order valence-electron chi connectivity index (χ4n) is 3.72. The summed E-state index contributed by atoms with van der Waals surface area (Å²) in [4.78, 5) is 16.7. The molecule has 120 valence electrons. The van der Waals surface area contributed by atoms with E-state index in [1.54, 1.807) is 0 Å². The van der Waals surface area contributed by atoms with Gasteiger partial charge in [0.2, 0.25) is 5.91 Å². The molecule has 21 heavy (non-hydrogen) atoms. The molecule has 0 saturated carbocycles. The summed E-state index contributed by atoms with van der Waals surface area (Å²) in [6, 6.07) is 0. The Balaban J connectivity index is 1.38. The molecule has 3 aliphatic rings. The standard InChI is InChI=1S/C16H28N2O3/c1-17-8-4-14(5-9-17)2-3-15(19)18-10-6-16(7-11-18)20-12-13-21-16/h14H,2-13H2,1H3. The topological polar surface area (TPSA) is 42.0 Å². The minimum atomic E-state index is -0.370. The van der Waals surface area contributed by atoms with Crippen molar-refractivity contribution in [2.45, 2.75) is 44.3 Å². The molecule has 5 heteroatoms. The average Bonchev–Trinajstić information content (AvgIpc) is 2.95. The first-order valence-corrected chi connectivity index (χ1v) is 8.41. The quantitative estimate of drug-likeness (QED) is 0.791. The highest BCUT2D eigenvalue weighted by molar-refractivity contribution is 5.76. The van der Waals surface area contributed by atoms with Gasteiger partial charge in [0, 0.05) is 32.4 Å². The Hall–Kier alpha value is -0.650. The first-order valence-electron chi connectivity index (χ1n) is 8.41. The Labute approximate surface area is 127 Å². The van der Waals surface area contributed by atoms with Crippen molar-refractivity contribution in [3.63, 3.8) is 0 Å². The first kappa shape index (κ1) is 15.3. The lowest BCUT2D eigenvalue weighted by Gasteiger charge is -2.38. The average molecular weight is 296 g/mol. The van der Waals surface area contributed by atoms with Crippen molar-refractivity contribution in [1.82, 2.24) is 9.80 Å². The van der Waals surface area contributed by atoms with Gasteiger partial charge in [0.05, 0.1) is 13.2 Å². The highest BCUT2D eigenvalue weighted by Gasteiger charge is 2.40. The van der Waals surface area contributed by atoms with E-state index in [1.807, 2.05) is 4.90 Å². The molecule has 0 radical (unpaired) electrons. The van der Waals surface area contributed by atoms with Gasteiger partial charge in [0.15, 0.2) is 5.79 Å². The molecule has 0 unspecified atom stereocenters. The molecule has 0 aromatic heterocycles. The van der Waals surface area contributed by atoms with Crippen LogP contribution in [-0.4, -0.2) is 67.9 Å². The third-order valence-corrected chi connectivity index (χ3v) is 5.30. The summed E-state index contributed by atoms with van der Waals surface area (Å²) in [5.41, 5.74) is 0. The maximum atomic E-state index is 12.3. The van der Waals surface area contributed by atoms with Gasteiger partial charge in [-0.1, -0.05) is 0 Å². The summed E-state index contributed by atoms with van der Waals surface area (Å²) in [6.45, 7) is 5.33. The van der Waals surface area contributed by atoms with Gasteiger partial charge in [-0.25, -0.2) is 0 Å². The molecule has 3 saturated heterocycles. The highest BCUT2D eigenvalue weighted by atomic mass is 16.7. The van der Waals surface area contributed by atoms with Crippen LogP contribution in [0.25, 0.3) is 0 Å². The number of hydrogen-bond donors (Lipinski definition) is 0. The van der Waals surface area contributed by atoms with Gasteiger partial charge in [-0.2, -0.15) is 0 Å². The monoisotopic (exact) mass is 296 g/mol. The van der Waals surface area contributed by atoms with Crippen LogP contribution in [0.2, 0.25) is 0 Å². The van der Waals surface area contributed by atoms with E-state index in [9.17, 15) is 4.79 Å². The van der Waals surface area contributed by atoms with E-state index >= 15 is 0 Å². The predicted molar refractivity (Wildman–Crippen MR) is 79.9 cm³/mol. The van der Waals surface area contributed by atoms with Crippen molar-refractivity contribution in [3.8, 4) is 0 Å². The molecule has 0 aromatic carbocycles. The summed E-state index contributed by atoms with van der Waals surface area (Å²) < 4.78 is 11.4.